The van der Waals surface area contributed by atoms with Crippen LogP contribution in [0, 0.1) is 0 Å². The molecule has 0 aliphatic heterocycles. The molecule has 0 fully saturated rings. The van der Waals surface area contributed by atoms with E-state index in [1.807, 2.05) is 0 Å². The van der Waals surface area contributed by atoms with E-state index in [0.29, 0.717) is 27.8 Å². The lowest BCUT2D eigenvalue weighted by Crippen LogP contribution is -2.10. The monoisotopic (exact) mass is 465 g/mol. The van der Waals surface area contributed by atoms with E-state index >= 15 is 0 Å². The average Bonchev–Trinajstić information content (AvgIpc) is 3.21. The van der Waals surface area contributed by atoms with E-state index in [9.17, 15) is 22.2 Å². The van der Waals surface area contributed by atoms with Crippen molar-refractivity contribution in [1.29, 1.82) is 0 Å². The smallest absolute Gasteiger partial charge is 0.395 e. The first-order valence-corrected chi connectivity index (χ1v) is 11.5. The number of nitrogens with zero attached hydrogens (tertiary/aromatic N) is 5. The van der Waals surface area contributed by atoms with E-state index in [-0.39, 0.29) is 17.9 Å². The van der Waals surface area contributed by atoms with Crippen molar-refractivity contribution in [2.45, 2.75) is 6.18 Å². The third-order valence-electron chi connectivity index (χ3n) is 4.85. The van der Waals surface area contributed by atoms with Gasteiger partial charge in [0.05, 0.1) is 33.2 Å². The van der Waals surface area contributed by atoms with Crippen LogP contribution in [0.1, 0.15) is 15.9 Å². The number of aliphatic hydroxyl groups is 1. The Hall–Kier alpha value is -3.25. The predicted octanol–water partition coefficient (Wildman–Crippen LogP) is 3.16. The SMILES string of the molecule is Cn1nc2c3cc(C(=O)N=[S@@](C)(=O)CCO)ccc3n(-c3ccc(C(F)(F)F)cc3)c2n1. The third kappa shape index (κ3) is 3.98. The number of carbonyl (C=O) groups excluding carboxylic acids is 1. The van der Waals surface area contributed by atoms with Crippen LogP contribution in [0.5, 0.6) is 0 Å². The van der Waals surface area contributed by atoms with E-state index in [1.54, 1.807) is 17.7 Å². The zero-order valence-electron chi connectivity index (χ0n) is 17.0. The van der Waals surface area contributed by atoms with E-state index in [1.165, 1.54) is 35.3 Å². The molecule has 0 aliphatic carbocycles. The van der Waals surface area contributed by atoms with E-state index in [2.05, 4.69) is 14.6 Å². The van der Waals surface area contributed by atoms with Gasteiger partial charge in [0, 0.05) is 29.9 Å². The Balaban J connectivity index is 1.88. The summed E-state index contributed by atoms with van der Waals surface area (Å²) in [5.74, 6) is -0.827. The molecule has 168 valence electrons. The number of amides is 1. The van der Waals surface area contributed by atoms with Crippen LogP contribution < -0.4 is 0 Å². The van der Waals surface area contributed by atoms with Crippen LogP contribution >= 0.6 is 0 Å². The maximum Gasteiger partial charge on any atom is 0.416 e. The molecule has 0 aliphatic rings. The van der Waals surface area contributed by atoms with Crippen LogP contribution in [0.4, 0.5) is 13.2 Å². The van der Waals surface area contributed by atoms with E-state index < -0.39 is 27.4 Å². The number of hydrogen-bond acceptors (Lipinski definition) is 5. The molecule has 0 bridgehead atoms. The highest BCUT2D eigenvalue weighted by atomic mass is 32.2. The Labute approximate surface area is 180 Å². The van der Waals surface area contributed by atoms with Gasteiger partial charge in [-0.15, -0.1) is 5.10 Å². The summed E-state index contributed by atoms with van der Waals surface area (Å²) in [6, 6.07) is 9.29. The van der Waals surface area contributed by atoms with Gasteiger partial charge >= 0.3 is 6.18 Å². The molecule has 2 aromatic carbocycles. The first-order valence-electron chi connectivity index (χ1n) is 9.38. The number of aliphatic hydroxyl groups excluding tert-OH is 1. The van der Waals surface area contributed by atoms with Gasteiger partial charge in [-0.05, 0) is 42.5 Å². The summed E-state index contributed by atoms with van der Waals surface area (Å²) in [6.45, 7) is -0.360. The molecule has 0 unspecified atom stereocenters. The topological polar surface area (TPSA) is 102 Å². The van der Waals surface area contributed by atoms with Gasteiger partial charge in [0.25, 0.3) is 5.91 Å². The number of alkyl halides is 3. The lowest BCUT2D eigenvalue weighted by molar-refractivity contribution is -0.137. The summed E-state index contributed by atoms with van der Waals surface area (Å²) in [5.41, 5.74) is 1.28. The van der Waals surface area contributed by atoms with Crippen LogP contribution in [-0.4, -0.2) is 53.4 Å². The summed E-state index contributed by atoms with van der Waals surface area (Å²) >= 11 is 0. The minimum Gasteiger partial charge on any atom is -0.395 e. The van der Waals surface area contributed by atoms with Gasteiger partial charge in [-0.1, -0.05) is 0 Å². The summed E-state index contributed by atoms with van der Waals surface area (Å²) in [5, 5.41) is 18.2. The molecule has 0 spiro atoms. The second-order valence-corrected chi connectivity index (χ2v) is 9.77. The number of benzene rings is 2. The Bertz CT molecular complexity index is 1460. The molecule has 12 heteroatoms. The fourth-order valence-corrected chi connectivity index (χ4v) is 4.28. The lowest BCUT2D eigenvalue weighted by atomic mass is 10.1. The molecular formula is C20H18F3N5O3S. The zero-order valence-corrected chi connectivity index (χ0v) is 17.8. The molecule has 0 radical (unpaired) electrons. The Morgan fingerprint density at radius 3 is 2.47 bits per heavy atom. The van der Waals surface area contributed by atoms with Crippen LogP contribution in [-0.2, 0) is 23.0 Å². The van der Waals surface area contributed by atoms with Crippen LogP contribution in [0.25, 0.3) is 27.8 Å². The van der Waals surface area contributed by atoms with Gasteiger partial charge < -0.3 is 5.11 Å². The van der Waals surface area contributed by atoms with Crippen molar-refractivity contribution in [3.05, 3.63) is 53.6 Å². The number of halogens is 3. The molecule has 2 heterocycles. The summed E-state index contributed by atoms with van der Waals surface area (Å²) in [4.78, 5) is 13.9. The third-order valence-corrected chi connectivity index (χ3v) is 6.34. The highest BCUT2D eigenvalue weighted by Gasteiger charge is 2.30. The van der Waals surface area contributed by atoms with Crippen molar-refractivity contribution >= 4 is 37.7 Å². The van der Waals surface area contributed by atoms with Gasteiger partial charge in [0.1, 0.15) is 5.52 Å². The number of carbonyl (C=O) groups is 1. The molecule has 4 aromatic rings. The number of fused-ring (bicyclic) bond motifs is 3. The maximum absolute atomic E-state index is 12.9. The lowest BCUT2D eigenvalue weighted by Gasteiger charge is -2.10. The normalized spacial score (nSPS) is 14.1. The Morgan fingerprint density at radius 2 is 1.84 bits per heavy atom. The molecule has 0 saturated carbocycles. The van der Waals surface area contributed by atoms with Gasteiger partial charge in [0.2, 0.25) is 0 Å². The second kappa shape index (κ2) is 7.71. The quantitative estimate of drug-likeness (QED) is 0.499. The molecule has 0 saturated heterocycles. The molecule has 32 heavy (non-hydrogen) atoms. The first-order chi connectivity index (χ1) is 15.0. The van der Waals surface area contributed by atoms with Gasteiger partial charge in [-0.2, -0.15) is 27.4 Å². The summed E-state index contributed by atoms with van der Waals surface area (Å²) < 4.78 is 56.5. The molecule has 1 N–H and O–H groups in total. The standard InChI is InChI=1S/C20H18F3N5O3S/c1-27-24-17-15-11-12(19(30)26-32(2,31)10-9-29)3-8-16(15)28(18(17)25-27)14-6-4-13(5-7-14)20(21,22)23/h3-8,11,29H,9-10H2,1-2H3/t32-/m0/s1. The van der Waals surface area contributed by atoms with Gasteiger partial charge in [-0.3, -0.25) is 9.36 Å². The molecule has 4 rings (SSSR count). The molecule has 8 nitrogen and oxygen atoms in total. The molecular weight excluding hydrogens is 447 g/mol. The number of aryl methyl sites for hydroxylation is 1. The summed E-state index contributed by atoms with van der Waals surface area (Å²) in [6.07, 6.45) is -3.16. The molecule has 2 aromatic heterocycles. The van der Waals surface area contributed by atoms with Crippen LogP contribution in [0.15, 0.2) is 46.8 Å². The first kappa shape index (κ1) is 22.0. The minimum atomic E-state index is -4.45. The van der Waals surface area contributed by atoms with Gasteiger partial charge in [0.15, 0.2) is 5.65 Å². The zero-order chi connectivity index (χ0) is 23.3. The number of hydrogen-bond donors (Lipinski definition) is 1. The highest BCUT2D eigenvalue weighted by Crippen LogP contribution is 2.33. The summed E-state index contributed by atoms with van der Waals surface area (Å²) in [7, 11) is -1.27. The van der Waals surface area contributed by atoms with Crippen molar-refractivity contribution < 1.29 is 27.3 Å². The molecule has 1 atom stereocenters. The van der Waals surface area contributed by atoms with Crippen LogP contribution in [0.2, 0.25) is 0 Å². The fraction of sp³-hybridized carbons (Fsp3) is 0.250. The minimum absolute atomic E-state index is 0.125. The highest BCUT2D eigenvalue weighted by molar-refractivity contribution is 7.93. The van der Waals surface area contributed by atoms with Crippen molar-refractivity contribution in [2.75, 3.05) is 18.6 Å². The average molecular weight is 465 g/mol. The number of aromatic nitrogens is 4. The van der Waals surface area contributed by atoms with Crippen molar-refractivity contribution in [2.24, 2.45) is 11.4 Å². The van der Waals surface area contributed by atoms with Crippen molar-refractivity contribution in [3.63, 3.8) is 0 Å². The second-order valence-electron chi connectivity index (χ2n) is 7.26. The Kier molecular flexibility index (Phi) is 5.29. The fourth-order valence-electron chi connectivity index (χ4n) is 3.39. The van der Waals surface area contributed by atoms with Gasteiger partial charge in [-0.25, -0.2) is 4.21 Å². The van der Waals surface area contributed by atoms with E-state index in [4.69, 9.17) is 5.11 Å². The largest absolute Gasteiger partial charge is 0.416 e. The molecule has 1 amide bonds. The number of rotatable bonds is 4. The predicted molar refractivity (Wildman–Crippen MR) is 113 cm³/mol. The Morgan fingerprint density at radius 1 is 1.16 bits per heavy atom. The maximum atomic E-state index is 12.9. The van der Waals surface area contributed by atoms with E-state index in [0.717, 1.165) is 12.1 Å². The van der Waals surface area contributed by atoms with Crippen molar-refractivity contribution in [3.8, 4) is 5.69 Å². The van der Waals surface area contributed by atoms with Crippen LogP contribution in [0.3, 0.4) is 0 Å². The van der Waals surface area contributed by atoms with Crippen molar-refractivity contribution in [1.82, 2.24) is 19.6 Å².